The van der Waals surface area contributed by atoms with Crippen molar-refractivity contribution in [3.63, 3.8) is 0 Å². The lowest BCUT2D eigenvalue weighted by atomic mass is 10.0. The molecule has 0 spiro atoms. The van der Waals surface area contributed by atoms with Gasteiger partial charge in [-0.2, -0.15) is 0 Å². The van der Waals surface area contributed by atoms with Crippen LogP contribution in [0.4, 0.5) is 4.39 Å². The zero-order valence-electron chi connectivity index (χ0n) is 11.5. The lowest BCUT2D eigenvalue weighted by Gasteiger charge is -2.16. The summed E-state index contributed by atoms with van der Waals surface area (Å²) in [6, 6.07) is 4.01. The van der Waals surface area contributed by atoms with Crippen molar-refractivity contribution in [1.82, 2.24) is 0 Å². The van der Waals surface area contributed by atoms with Gasteiger partial charge in [-0.15, -0.1) is 11.3 Å². The summed E-state index contributed by atoms with van der Waals surface area (Å²) in [6.07, 6.45) is 0. The van der Waals surface area contributed by atoms with Gasteiger partial charge in [0.15, 0.2) is 11.5 Å². The molecule has 0 aliphatic carbocycles. The van der Waals surface area contributed by atoms with E-state index < -0.39 is 11.9 Å². The number of methoxy groups -OCH3 is 3. The maximum atomic E-state index is 14.2. The zero-order chi connectivity index (χ0) is 14.7. The molecule has 1 heterocycles. The minimum absolute atomic E-state index is 0.332. The zero-order valence-corrected chi connectivity index (χ0v) is 12.3. The summed E-state index contributed by atoms with van der Waals surface area (Å²) in [5, 5.41) is 1.85. The van der Waals surface area contributed by atoms with Gasteiger partial charge in [-0.1, -0.05) is 0 Å². The van der Waals surface area contributed by atoms with Crippen LogP contribution in [0.15, 0.2) is 23.6 Å². The van der Waals surface area contributed by atoms with Gasteiger partial charge in [-0.05, 0) is 17.5 Å². The van der Waals surface area contributed by atoms with E-state index in [0.717, 1.165) is 4.88 Å². The molecule has 6 heteroatoms. The summed E-state index contributed by atoms with van der Waals surface area (Å²) in [5.41, 5.74) is 6.48. The highest BCUT2D eigenvalue weighted by Crippen LogP contribution is 2.38. The van der Waals surface area contributed by atoms with Gasteiger partial charge < -0.3 is 19.9 Å². The van der Waals surface area contributed by atoms with Gasteiger partial charge in [-0.25, -0.2) is 4.39 Å². The molecule has 2 aromatic rings. The van der Waals surface area contributed by atoms with Crippen LogP contribution in [0.25, 0.3) is 0 Å². The third kappa shape index (κ3) is 2.57. The van der Waals surface area contributed by atoms with Crippen molar-refractivity contribution >= 4 is 11.3 Å². The highest BCUT2D eigenvalue weighted by Gasteiger charge is 2.21. The Bertz CT molecular complexity index is 600. The summed E-state index contributed by atoms with van der Waals surface area (Å²) in [4.78, 5) is 0.763. The first kappa shape index (κ1) is 14.6. The SMILES string of the molecule is COc1cc(F)c(C(N)c2sccc2OC)cc1OC. The van der Waals surface area contributed by atoms with E-state index in [1.807, 2.05) is 5.38 Å². The van der Waals surface area contributed by atoms with E-state index in [0.29, 0.717) is 22.8 Å². The van der Waals surface area contributed by atoms with Crippen LogP contribution in [-0.2, 0) is 0 Å². The molecular weight excluding hydrogens is 281 g/mol. The molecule has 20 heavy (non-hydrogen) atoms. The number of hydrogen-bond donors (Lipinski definition) is 1. The topological polar surface area (TPSA) is 53.7 Å². The first-order chi connectivity index (χ1) is 9.62. The van der Waals surface area contributed by atoms with Crippen LogP contribution < -0.4 is 19.9 Å². The normalized spacial score (nSPS) is 12.1. The molecule has 1 unspecified atom stereocenters. The largest absolute Gasteiger partial charge is 0.496 e. The molecule has 1 aromatic carbocycles. The standard InChI is InChI=1S/C14H16FNO3S/c1-17-10-4-5-20-14(10)13(16)8-6-11(18-2)12(19-3)7-9(8)15/h4-7,13H,16H2,1-3H3. The minimum Gasteiger partial charge on any atom is -0.496 e. The summed E-state index contributed by atoms with van der Waals surface area (Å²) in [5.74, 6) is 0.983. The Morgan fingerprint density at radius 1 is 1.05 bits per heavy atom. The average molecular weight is 297 g/mol. The van der Waals surface area contributed by atoms with Gasteiger partial charge in [0, 0.05) is 11.6 Å². The van der Waals surface area contributed by atoms with E-state index in [-0.39, 0.29) is 0 Å². The van der Waals surface area contributed by atoms with Gasteiger partial charge in [0.05, 0.1) is 32.2 Å². The predicted molar refractivity (Wildman–Crippen MR) is 76.4 cm³/mol. The van der Waals surface area contributed by atoms with Crippen LogP contribution in [0.1, 0.15) is 16.5 Å². The molecule has 0 fully saturated rings. The Morgan fingerprint density at radius 3 is 2.25 bits per heavy atom. The molecule has 0 saturated carbocycles. The van der Waals surface area contributed by atoms with Gasteiger partial charge in [0.2, 0.25) is 0 Å². The van der Waals surface area contributed by atoms with Gasteiger partial charge in [0.25, 0.3) is 0 Å². The Kier molecular flexibility index (Phi) is 4.46. The quantitative estimate of drug-likeness (QED) is 0.922. The fourth-order valence-electron chi connectivity index (χ4n) is 1.95. The second-order valence-electron chi connectivity index (χ2n) is 4.06. The minimum atomic E-state index is -0.621. The second-order valence-corrected chi connectivity index (χ2v) is 5.01. The van der Waals surface area contributed by atoms with Crippen molar-refractivity contribution in [2.24, 2.45) is 5.73 Å². The molecule has 0 saturated heterocycles. The molecule has 0 aliphatic rings. The third-order valence-electron chi connectivity index (χ3n) is 3.00. The molecule has 0 bridgehead atoms. The number of hydrogen-bond acceptors (Lipinski definition) is 5. The van der Waals surface area contributed by atoms with Crippen LogP contribution in [0.3, 0.4) is 0 Å². The number of halogens is 1. The van der Waals surface area contributed by atoms with Gasteiger partial charge >= 0.3 is 0 Å². The summed E-state index contributed by atoms with van der Waals surface area (Å²) in [6.45, 7) is 0. The first-order valence-electron chi connectivity index (χ1n) is 5.90. The maximum absolute atomic E-state index is 14.2. The highest BCUT2D eigenvalue weighted by molar-refractivity contribution is 7.10. The number of rotatable bonds is 5. The number of nitrogens with two attached hydrogens (primary N) is 1. The van der Waals surface area contributed by atoms with E-state index >= 15 is 0 Å². The van der Waals surface area contributed by atoms with E-state index in [4.69, 9.17) is 19.9 Å². The fraction of sp³-hybridized carbons (Fsp3) is 0.286. The molecule has 1 atom stereocenters. The average Bonchev–Trinajstić information content (AvgIpc) is 2.94. The fourth-order valence-corrected chi connectivity index (χ4v) is 2.83. The third-order valence-corrected chi connectivity index (χ3v) is 3.98. The summed E-state index contributed by atoms with van der Waals surface area (Å²) in [7, 11) is 4.51. The molecule has 1 aromatic heterocycles. The van der Waals surface area contributed by atoms with Crippen molar-refractivity contribution in [1.29, 1.82) is 0 Å². The van der Waals surface area contributed by atoms with Crippen molar-refractivity contribution in [2.75, 3.05) is 21.3 Å². The lowest BCUT2D eigenvalue weighted by molar-refractivity contribution is 0.351. The predicted octanol–water partition coefficient (Wildman–Crippen LogP) is 2.96. The lowest BCUT2D eigenvalue weighted by Crippen LogP contribution is -2.13. The van der Waals surface area contributed by atoms with Crippen LogP contribution in [0.5, 0.6) is 17.2 Å². The molecule has 0 amide bonds. The monoisotopic (exact) mass is 297 g/mol. The number of ether oxygens (including phenoxy) is 3. The number of benzene rings is 1. The maximum Gasteiger partial charge on any atom is 0.163 e. The van der Waals surface area contributed by atoms with Crippen molar-refractivity contribution in [3.8, 4) is 17.2 Å². The van der Waals surface area contributed by atoms with E-state index in [1.54, 1.807) is 19.2 Å². The smallest absolute Gasteiger partial charge is 0.163 e. The Morgan fingerprint density at radius 2 is 1.65 bits per heavy atom. The van der Waals surface area contributed by atoms with Crippen LogP contribution in [0.2, 0.25) is 0 Å². The van der Waals surface area contributed by atoms with Crippen molar-refractivity contribution < 1.29 is 18.6 Å². The Hall–Kier alpha value is -1.79. The summed E-state index contributed by atoms with van der Waals surface area (Å²) >= 11 is 1.42. The summed E-state index contributed by atoms with van der Waals surface area (Å²) < 4.78 is 29.6. The van der Waals surface area contributed by atoms with E-state index in [9.17, 15) is 4.39 Å². The van der Waals surface area contributed by atoms with Gasteiger partial charge in [0.1, 0.15) is 11.6 Å². The molecule has 108 valence electrons. The second kappa shape index (κ2) is 6.11. The molecule has 2 N–H and O–H groups in total. The van der Waals surface area contributed by atoms with Crippen LogP contribution >= 0.6 is 11.3 Å². The molecular formula is C14H16FNO3S. The van der Waals surface area contributed by atoms with Crippen molar-refractivity contribution in [2.45, 2.75) is 6.04 Å². The Balaban J connectivity index is 2.46. The van der Waals surface area contributed by atoms with Crippen LogP contribution in [-0.4, -0.2) is 21.3 Å². The first-order valence-corrected chi connectivity index (χ1v) is 6.78. The van der Waals surface area contributed by atoms with E-state index in [1.165, 1.54) is 31.6 Å². The molecule has 0 aliphatic heterocycles. The molecule has 0 radical (unpaired) electrons. The number of thiophene rings is 1. The molecule has 4 nitrogen and oxygen atoms in total. The van der Waals surface area contributed by atoms with Crippen molar-refractivity contribution in [3.05, 3.63) is 39.8 Å². The Labute approximate surface area is 120 Å². The highest BCUT2D eigenvalue weighted by atomic mass is 32.1. The molecule has 2 rings (SSSR count). The van der Waals surface area contributed by atoms with Crippen LogP contribution in [0, 0.1) is 5.82 Å². The van der Waals surface area contributed by atoms with Gasteiger partial charge in [-0.3, -0.25) is 0 Å². The van der Waals surface area contributed by atoms with E-state index in [2.05, 4.69) is 0 Å².